The van der Waals surface area contributed by atoms with Gasteiger partial charge >= 0.3 is 5.97 Å². The number of ether oxygens (including phenoxy) is 1. The van der Waals surface area contributed by atoms with Crippen LogP contribution in [0.5, 0.6) is 0 Å². The number of carboxylic acid groups (broad SMARTS) is 1. The predicted octanol–water partition coefficient (Wildman–Crippen LogP) is 0.805. The lowest BCUT2D eigenvalue weighted by Crippen LogP contribution is -2.13. The van der Waals surface area contributed by atoms with Crippen molar-refractivity contribution in [2.24, 2.45) is 0 Å². The van der Waals surface area contributed by atoms with E-state index in [2.05, 4.69) is 0 Å². The zero-order valence-electron chi connectivity index (χ0n) is 5.78. The van der Waals surface area contributed by atoms with E-state index in [-0.39, 0.29) is 18.6 Å². The van der Waals surface area contributed by atoms with Crippen molar-refractivity contribution in [2.75, 3.05) is 0 Å². The van der Waals surface area contributed by atoms with Crippen LogP contribution in [-0.2, 0) is 9.53 Å². The first kappa shape index (κ1) is 7.28. The zero-order chi connectivity index (χ0) is 7.56. The Balaban J connectivity index is 2.33. The van der Waals surface area contributed by atoms with Gasteiger partial charge in [0.15, 0.2) is 0 Å². The van der Waals surface area contributed by atoms with E-state index in [0.29, 0.717) is 0 Å². The van der Waals surface area contributed by atoms with Crippen LogP contribution in [0.2, 0.25) is 0 Å². The SMILES string of the molecule is CC1C=CC(CC(=O)O)O1. The van der Waals surface area contributed by atoms with Crippen LogP contribution in [0.15, 0.2) is 12.2 Å². The van der Waals surface area contributed by atoms with Gasteiger partial charge in [0.1, 0.15) is 0 Å². The van der Waals surface area contributed by atoms with Crippen LogP contribution in [0, 0.1) is 0 Å². The third-order valence-corrected chi connectivity index (χ3v) is 1.36. The molecule has 2 atom stereocenters. The second-order valence-electron chi connectivity index (χ2n) is 2.36. The molecule has 0 fully saturated rings. The van der Waals surface area contributed by atoms with Crippen LogP contribution in [0.25, 0.3) is 0 Å². The Bertz CT molecular complexity index is 162. The van der Waals surface area contributed by atoms with Gasteiger partial charge < -0.3 is 9.84 Å². The molecule has 2 unspecified atom stereocenters. The van der Waals surface area contributed by atoms with Crippen molar-refractivity contribution in [2.45, 2.75) is 25.6 Å². The van der Waals surface area contributed by atoms with Crippen LogP contribution < -0.4 is 0 Å². The standard InChI is InChI=1S/C7H10O3/c1-5-2-3-6(10-5)4-7(8)9/h2-3,5-6H,4H2,1H3,(H,8,9). The average molecular weight is 142 g/mol. The van der Waals surface area contributed by atoms with Crippen molar-refractivity contribution in [3.63, 3.8) is 0 Å². The highest BCUT2D eigenvalue weighted by Crippen LogP contribution is 2.12. The van der Waals surface area contributed by atoms with E-state index in [4.69, 9.17) is 9.84 Å². The molecule has 0 aromatic heterocycles. The topological polar surface area (TPSA) is 46.5 Å². The van der Waals surface area contributed by atoms with E-state index in [1.54, 1.807) is 6.08 Å². The molecule has 1 rings (SSSR count). The van der Waals surface area contributed by atoms with Gasteiger partial charge in [0.2, 0.25) is 0 Å². The highest BCUT2D eigenvalue weighted by Gasteiger charge is 2.17. The highest BCUT2D eigenvalue weighted by molar-refractivity contribution is 5.67. The van der Waals surface area contributed by atoms with Crippen LogP contribution in [0.3, 0.4) is 0 Å². The summed E-state index contributed by atoms with van der Waals surface area (Å²) in [5.74, 6) is -0.816. The molecule has 0 radical (unpaired) electrons. The van der Waals surface area contributed by atoms with Crippen molar-refractivity contribution in [3.05, 3.63) is 12.2 Å². The molecule has 0 spiro atoms. The zero-order valence-corrected chi connectivity index (χ0v) is 5.78. The fourth-order valence-electron chi connectivity index (χ4n) is 0.935. The molecule has 56 valence electrons. The Morgan fingerprint density at radius 2 is 2.40 bits per heavy atom. The highest BCUT2D eigenvalue weighted by atomic mass is 16.5. The number of carboxylic acids is 1. The molecule has 1 aliphatic rings. The molecule has 3 heteroatoms. The summed E-state index contributed by atoms with van der Waals surface area (Å²) in [6, 6.07) is 0. The second kappa shape index (κ2) is 2.84. The lowest BCUT2D eigenvalue weighted by Gasteiger charge is -2.06. The van der Waals surface area contributed by atoms with E-state index in [1.165, 1.54) is 0 Å². The number of aliphatic carboxylic acids is 1. The number of hydrogen-bond acceptors (Lipinski definition) is 2. The van der Waals surface area contributed by atoms with Crippen LogP contribution in [-0.4, -0.2) is 23.3 Å². The summed E-state index contributed by atoms with van der Waals surface area (Å²) >= 11 is 0. The molecule has 1 heterocycles. The number of carbonyl (C=O) groups is 1. The molecule has 0 aliphatic carbocycles. The summed E-state index contributed by atoms with van der Waals surface area (Å²) in [7, 11) is 0. The Morgan fingerprint density at radius 1 is 1.70 bits per heavy atom. The molecule has 0 saturated carbocycles. The van der Waals surface area contributed by atoms with Gasteiger partial charge in [-0.05, 0) is 6.92 Å². The van der Waals surface area contributed by atoms with Crippen LogP contribution in [0.1, 0.15) is 13.3 Å². The molecule has 0 amide bonds. The van der Waals surface area contributed by atoms with Crippen molar-refractivity contribution in [3.8, 4) is 0 Å². The number of hydrogen-bond donors (Lipinski definition) is 1. The summed E-state index contributed by atoms with van der Waals surface area (Å²) in [5.41, 5.74) is 0. The minimum Gasteiger partial charge on any atom is -0.481 e. The maximum Gasteiger partial charge on any atom is 0.306 e. The van der Waals surface area contributed by atoms with Gasteiger partial charge in [0.25, 0.3) is 0 Å². The lowest BCUT2D eigenvalue weighted by atomic mass is 10.2. The van der Waals surface area contributed by atoms with Crippen molar-refractivity contribution >= 4 is 5.97 Å². The minimum absolute atomic E-state index is 0.0703. The third kappa shape index (κ3) is 1.84. The Hall–Kier alpha value is -0.830. The molecular weight excluding hydrogens is 132 g/mol. The van der Waals surface area contributed by atoms with Gasteiger partial charge in [0.05, 0.1) is 18.6 Å². The van der Waals surface area contributed by atoms with Crippen LogP contribution in [0.4, 0.5) is 0 Å². The fraction of sp³-hybridized carbons (Fsp3) is 0.571. The molecular formula is C7H10O3. The second-order valence-corrected chi connectivity index (χ2v) is 2.36. The van der Waals surface area contributed by atoms with Crippen molar-refractivity contribution < 1.29 is 14.6 Å². The molecule has 0 aromatic rings. The third-order valence-electron chi connectivity index (χ3n) is 1.36. The Labute approximate surface area is 59.3 Å². The summed E-state index contributed by atoms with van der Waals surface area (Å²) in [5, 5.41) is 8.35. The largest absolute Gasteiger partial charge is 0.481 e. The van der Waals surface area contributed by atoms with Gasteiger partial charge in [-0.25, -0.2) is 0 Å². The molecule has 1 N–H and O–H groups in total. The van der Waals surface area contributed by atoms with Gasteiger partial charge in [0, 0.05) is 0 Å². The maximum atomic E-state index is 10.1. The van der Waals surface area contributed by atoms with Crippen molar-refractivity contribution in [1.29, 1.82) is 0 Å². The van der Waals surface area contributed by atoms with E-state index in [0.717, 1.165) is 0 Å². The summed E-state index contributed by atoms with van der Waals surface area (Å²) in [6.07, 6.45) is 3.59. The summed E-state index contributed by atoms with van der Waals surface area (Å²) < 4.78 is 5.18. The van der Waals surface area contributed by atoms with Crippen molar-refractivity contribution in [1.82, 2.24) is 0 Å². The maximum absolute atomic E-state index is 10.1. The van der Waals surface area contributed by atoms with Gasteiger partial charge in [-0.3, -0.25) is 4.79 Å². The molecule has 0 saturated heterocycles. The average Bonchev–Trinajstić information content (AvgIpc) is 2.13. The smallest absolute Gasteiger partial charge is 0.306 e. The molecule has 10 heavy (non-hydrogen) atoms. The first-order valence-electron chi connectivity index (χ1n) is 3.24. The monoisotopic (exact) mass is 142 g/mol. The molecule has 3 nitrogen and oxygen atoms in total. The van der Waals surface area contributed by atoms with E-state index < -0.39 is 5.97 Å². The summed E-state index contributed by atoms with van der Waals surface area (Å²) in [6.45, 7) is 1.89. The fourth-order valence-corrected chi connectivity index (χ4v) is 0.935. The summed E-state index contributed by atoms with van der Waals surface area (Å²) in [4.78, 5) is 10.1. The normalized spacial score (nSPS) is 30.9. The van der Waals surface area contributed by atoms with E-state index >= 15 is 0 Å². The van der Waals surface area contributed by atoms with Gasteiger partial charge in [-0.1, -0.05) is 12.2 Å². The van der Waals surface area contributed by atoms with E-state index in [9.17, 15) is 4.79 Å². The van der Waals surface area contributed by atoms with E-state index in [1.807, 2.05) is 13.0 Å². The number of rotatable bonds is 2. The Kier molecular flexibility index (Phi) is 2.06. The molecule has 0 aromatic carbocycles. The molecule has 1 aliphatic heterocycles. The van der Waals surface area contributed by atoms with Gasteiger partial charge in [-0.2, -0.15) is 0 Å². The minimum atomic E-state index is -0.816. The van der Waals surface area contributed by atoms with Gasteiger partial charge in [-0.15, -0.1) is 0 Å². The first-order chi connectivity index (χ1) is 4.68. The quantitative estimate of drug-likeness (QED) is 0.580. The Morgan fingerprint density at radius 3 is 2.80 bits per heavy atom. The van der Waals surface area contributed by atoms with Crippen LogP contribution >= 0.6 is 0 Å². The lowest BCUT2D eigenvalue weighted by molar-refractivity contribution is -0.139. The predicted molar refractivity (Wildman–Crippen MR) is 35.7 cm³/mol. The molecule has 0 bridgehead atoms. The first-order valence-corrected chi connectivity index (χ1v) is 3.24.